The molecule has 194 valence electrons. The van der Waals surface area contributed by atoms with Gasteiger partial charge in [-0.25, -0.2) is 13.6 Å². The topological polar surface area (TPSA) is 56.3 Å². The lowest BCUT2D eigenvalue weighted by Gasteiger charge is -2.46. The molecule has 2 aromatic carbocycles. The highest BCUT2D eigenvalue weighted by atomic mass is 19.4. The molecule has 0 spiro atoms. The largest absolute Gasteiger partial charge is 0.478 e. The van der Waals surface area contributed by atoms with Gasteiger partial charge < -0.3 is 10.1 Å². The molecule has 7 rings (SSSR count). The third kappa shape index (κ3) is 3.61. The third-order valence-corrected chi connectivity index (χ3v) is 8.65. The summed E-state index contributed by atoms with van der Waals surface area (Å²) in [5.74, 6) is -3.18. The summed E-state index contributed by atoms with van der Waals surface area (Å²) in [6, 6.07) is 8.02. The smallest absolute Gasteiger partial charge is 0.394 e. The van der Waals surface area contributed by atoms with E-state index in [4.69, 9.17) is 5.11 Å². The Kier molecular flexibility index (Phi) is 5.32. The molecule has 4 nitrogen and oxygen atoms in total. The number of hydrogen-bond acceptors (Lipinski definition) is 2. The van der Waals surface area contributed by atoms with E-state index in [1.54, 1.807) is 0 Å². The molecule has 0 saturated heterocycles. The minimum absolute atomic E-state index is 0.0422. The molecular weight excluding hydrogens is 491 g/mol. The second kappa shape index (κ2) is 8.15. The van der Waals surface area contributed by atoms with Crippen LogP contribution in [-0.4, -0.2) is 39.2 Å². The van der Waals surface area contributed by atoms with Crippen molar-refractivity contribution in [3.05, 3.63) is 76.5 Å². The van der Waals surface area contributed by atoms with E-state index in [-0.39, 0.29) is 42.3 Å². The predicted octanol–water partition coefficient (Wildman–Crippen LogP) is 6.61. The van der Waals surface area contributed by atoms with Crippen molar-refractivity contribution in [1.82, 2.24) is 9.88 Å². The number of nitrogens with one attached hydrogen (secondary N) is 1. The van der Waals surface area contributed by atoms with Crippen LogP contribution >= 0.6 is 0 Å². The Labute approximate surface area is 209 Å². The number of H-pyrrole nitrogens is 1. The van der Waals surface area contributed by atoms with Crippen LogP contribution < -0.4 is 0 Å². The molecule has 3 saturated carbocycles. The lowest BCUT2D eigenvalue weighted by molar-refractivity contribution is -0.244. The quantitative estimate of drug-likeness (QED) is 0.303. The number of alkyl halides is 3. The number of aromatic amines is 1. The first-order valence-electron chi connectivity index (χ1n) is 12.3. The average molecular weight is 517 g/mol. The summed E-state index contributed by atoms with van der Waals surface area (Å²) in [5, 5.41) is 9.81. The van der Waals surface area contributed by atoms with E-state index in [0.717, 1.165) is 40.8 Å². The van der Waals surface area contributed by atoms with Gasteiger partial charge in [-0.3, -0.25) is 4.90 Å². The van der Waals surface area contributed by atoms with Crippen LogP contribution in [-0.2, 0) is 11.2 Å². The van der Waals surface area contributed by atoms with Crippen molar-refractivity contribution in [3.63, 3.8) is 0 Å². The molecule has 3 aromatic rings. The van der Waals surface area contributed by atoms with Crippen LogP contribution in [0, 0.1) is 23.0 Å². The normalized spacial score (nSPS) is 29.6. The zero-order valence-corrected chi connectivity index (χ0v) is 19.9. The SMILES string of the molecule is C[C@H]1Cc2c([nH]c3ccccc23)[C@H](c2c(F)cc(/C=C/C(=O)O)cc2F)N1[C@@H]1CC2(C(F)(F)F)CC1C2. The zero-order valence-electron chi connectivity index (χ0n) is 19.9. The Hall–Kier alpha value is -3.20. The summed E-state index contributed by atoms with van der Waals surface area (Å²) in [5.41, 5.74) is 0.390. The van der Waals surface area contributed by atoms with Gasteiger partial charge in [0.1, 0.15) is 11.6 Å². The number of carbonyl (C=O) groups is 1. The molecule has 2 bridgehead atoms. The standard InChI is InChI=1S/C28H25F5N2O2/c1-14-8-18-17-4-2-3-5-21(17)34-25(18)26(24-19(29)9-15(10-20(24)30)6-7-23(36)37)35(14)22-13-27(28(31,32)33)11-16(22)12-27/h2-7,9-10,14,16,22,26,34H,8,11-13H2,1H3,(H,36,37)/b7-6+/t14-,16?,22+,26-,27?/m0/s1. The number of aromatic nitrogens is 1. The monoisotopic (exact) mass is 516 g/mol. The van der Waals surface area contributed by atoms with E-state index < -0.39 is 41.3 Å². The van der Waals surface area contributed by atoms with Crippen LogP contribution in [0.5, 0.6) is 0 Å². The number of rotatable bonds is 4. The van der Waals surface area contributed by atoms with Crippen molar-refractivity contribution in [3.8, 4) is 0 Å². The summed E-state index contributed by atoms with van der Waals surface area (Å²) in [6.45, 7) is 1.91. The summed E-state index contributed by atoms with van der Waals surface area (Å²) in [4.78, 5) is 16.1. The molecule has 3 fully saturated rings. The fraction of sp³-hybridized carbons (Fsp3) is 0.393. The number of carboxylic acid groups (broad SMARTS) is 1. The van der Waals surface area contributed by atoms with Gasteiger partial charge in [0.05, 0.1) is 11.5 Å². The van der Waals surface area contributed by atoms with Gasteiger partial charge in [-0.1, -0.05) is 18.2 Å². The number of para-hydroxylation sites is 1. The number of hydrogen-bond donors (Lipinski definition) is 2. The second-order valence-electron chi connectivity index (χ2n) is 10.8. The summed E-state index contributed by atoms with van der Waals surface area (Å²) < 4.78 is 73.2. The van der Waals surface area contributed by atoms with Gasteiger partial charge in [0.15, 0.2) is 0 Å². The number of aliphatic carboxylic acids is 1. The molecule has 0 radical (unpaired) electrons. The Morgan fingerprint density at radius 2 is 1.81 bits per heavy atom. The van der Waals surface area contributed by atoms with Gasteiger partial charge in [-0.05, 0) is 73.9 Å². The molecule has 3 atom stereocenters. The van der Waals surface area contributed by atoms with Gasteiger partial charge in [0, 0.05) is 40.3 Å². The lowest BCUT2D eigenvalue weighted by Crippen LogP contribution is -2.50. The molecular formula is C28H25F5N2O2. The van der Waals surface area contributed by atoms with Crippen LogP contribution in [0.15, 0.2) is 42.5 Å². The summed E-state index contributed by atoms with van der Waals surface area (Å²) in [6.07, 6.45) is -1.87. The highest BCUT2D eigenvalue weighted by Gasteiger charge is 2.70. The van der Waals surface area contributed by atoms with Crippen LogP contribution in [0.3, 0.4) is 0 Å². The highest BCUT2D eigenvalue weighted by molar-refractivity contribution is 5.86. The molecule has 1 aromatic heterocycles. The van der Waals surface area contributed by atoms with Gasteiger partial charge in [0.25, 0.3) is 0 Å². The molecule has 0 unspecified atom stereocenters. The summed E-state index contributed by atoms with van der Waals surface area (Å²) in [7, 11) is 0. The molecule has 0 amide bonds. The van der Waals surface area contributed by atoms with Gasteiger partial charge >= 0.3 is 12.1 Å². The van der Waals surface area contributed by atoms with Gasteiger partial charge in [0.2, 0.25) is 0 Å². The zero-order chi connectivity index (χ0) is 26.3. The van der Waals surface area contributed by atoms with E-state index in [9.17, 15) is 18.0 Å². The number of nitrogens with zero attached hydrogens (tertiary/aromatic N) is 1. The van der Waals surface area contributed by atoms with Crippen LogP contribution in [0.4, 0.5) is 22.0 Å². The maximum Gasteiger partial charge on any atom is 0.394 e. The average Bonchev–Trinajstić information content (AvgIpc) is 3.47. The molecule has 4 aliphatic rings. The third-order valence-electron chi connectivity index (χ3n) is 8.65. The maximum atomic E-state index is 15.7. The first-order valence-corrected chi connectivity index (χ1v) is 12.3. The van der Waals surface area contributed by atoms with E-state index >= 15 is 8.78 Å². The van der Waals surface area contributed by atoms with Crippen LogP contribution in [0.25, 0.3) is 17.0 Å². The maximum absolute atomic E-state index is 15.7. The number of benzene rings is 2. The number of fused-ring (bicyclic) bond motifs is 4. The Morgan fingerprint density at radius 3 is 2.43 bits per heavy atom. The number of carboxylic acids is 1. The fourth-order valence-electron chi connectivity index (χ4n) is 7.06. The van der Waals surface area contributed by atoms with Crippen molar-refractivity contribution >= 4 is 22.9 Å². The van der Waals surface area contributed by atoms with Crippen molar-refractivity contribution in [2.24, 2.45) is 11.3 Å². The molecule has 9 heteroatoms. The molecule has 2 N–H and O–H groups in total. The van der Waals surface area contributed by atoms with E-state index in [1.807, 2.05) is 36.1 Å². The van der Waals surface area contributed by atoms with Gasteiger partial charge in [-0.2, -0.15) is 13.2 Å². The molecule has 37 heavy (non-hydrogen) atoms. The first-order chi connectivity index (χ1) is 17.5. The molecule has 2 heterocycles. The van der Waals surface area contributed by atoms with Crippen molar-refractivity contribution in [2.45, 2.75) is 56.9 Å². The minimum atomic E-state index is -4.31. The molecule has 1 aliphatic heterocycles. The minimum Gasteiger partial charge on any atom is -0.478 e. The lowest BCUT2D eigenvalue weighted by atomic mass is 9.69. The predicted molar refractivity (Wildman–Crippen MR) is 128 cm³/mol. The van der Waals surface area contributed by atoms with Crippen LogP contribution in [0.2, 0.25) is 0 Å². The summed E-state index contributed by atoms with van der Waals surface area (Å²) >= 11 is 0. The second-order valence-corrected chi connectivity index (χ2v) is 10.8. The van der Waals surface area contributed by atoms with Crippen molar-refractivity contribution < 1.29 is 31.9 Å². The fourth-order valence-corrected chi connectivity index (χ4v) is 7.06. The van der Waals surface area contributed by atoms with Crippen molar-refractivity contribution in [2.75, 3.05) is 0 Å². The Morgan fingerprint density at radius 1 is 1.14 bits per heavy atom. The van der Waals surface area contributed by atoms with E-state index in [0.29, 0.717) is 12.1 Å². The molecule has 3 aliphatic carbocycles. The van der Waals surface area contributed by atoms with E-state index in [2.05, 4.69) is 4.98 Å². The Balaban J connectivity index is 1.51. The van der Waals surface area contributed by atoms with Crippen molar-refractivity contribution in [1.29, 1.82) is 0 Å². The Bertz CT molecular complexity index is 1410. The number of halogens is 5. The highest BCUT2D eigenvalue weighted by Crippen LogP contribution is 2.68. The van der Waals surface area contributed by atoms with Crippen LogP contribution in [0.1, 0.15) is 54.6 Å². The van der Waals surface area contributed by atoms with E-state index in [1.165, 1.54) is 0 Å². The van der Waals surface area contributed by atoms with Gasteiger partial charge in [-0.15, -0.1) is 0 Å². The first kappa shape index (κ1) is 24.2.